The highest BCUT2D eigenvalue weighted by Gasteiger charge is 2.26. The fourth-order valence-electron chi connectivity index (χ4n) is 3.73. The van der Waals surface area contributed by atoms with Crippen LogP contribution in [0.5, 0.6) is 34.5 Å². The Hall–Kier alpha value is -3.65. The number of likely N-dealkylation sites (N-methyl/N-ethyl adjacent to an activating group) is 1. The Morgan fingerprint density at radius 2 is 1.09 bits per heavy atom. The van der Waals surface area contributed by atoms with E-state index in [-0.39, 0.29) is 40.3 Å². The molecule has 2 aromatic rings. The van der Waals surface area contributed by atoms with Crippen LogP contribution >= 0.6 is 0 Å². The van der Waals surface area contributed by atoms with Gasteiger partial charge in [-0.2, -0.15) is 0 Å². The third kappa shape index (κ3) is 5.06. The molecule has 0 atom stereocenters. The lowest BCUT2D eigenvalue weighted by Gasteiger charge is -2.28. The normalized spacial score (nSPS) is 16.8. The molecule has 0 spiro atoms. The lowest BCUT2D eigenvalue weighted by atomic mass is 9.94. The van der Waals surface area contributed by atoms with Gasteiger partial charge >= 0.3 is 0 Å². The summed E-state index contributed by atoms with van der Waals surface area (Å²) < 4.78 is 20.9. The number of nitrogens with zero attached hydrogens (tertiary/aromatic N) is 1. The van der Waals surface area contributed by atoms with Crippen LogP contribution in [0.3, 0.4) is 0 Å². The summed E-state index contributed by atoms with van der Waals surface area (Å²) in [5.41, 5.74) is 2.55. The molecule has 2 N–H and O–H groups in total. The number of Topliss-reactive ketones (excluding diaryl/α,β-unsaturated/α-hetero) is 1. The molecular weight excluding hydrogens is 426 g/mol. The summed E-state index contributed by atoms with van der Waals surface area (Å²) >= 11 is 0. The summed E-state index contributed by atoms with van der Waals surface area (Å²) in [4.78, 5) is 15.5. The molecule has 0 unspecified atom stereocenters. The zero-order chi connectivity index (χ0) is 24.1. The molecule has 176 valence electrons. The van der Waals surface area contributed by atoms with Gasteiger partial charge in [-0.05, 0) is 54.1 Å². The number of ether oxygens (including phenoxy) is 4. The number of methoxy groups -OCH3 is 4. The first-order valence-corrected chi connectivity index (χ1v) is 10.4. The van der Waals surface area contributed by atoms with Crippen LogP contribution in [-0.4, -0.2) is 69.0 Å². The zero-order valence-electron chi connectivity index (χ0n) is 19.5. The van der Waals surface area contributed by atoms with Crippen LogP contribution in [0.15, 0.2) is 35.4 Å². The quantitative estimate of drug-likeness (QED) is 0.613. The first-order chi connectivity index (χ1) is 15.8. The molecule has 33 heavy (non-hydrogen) atoms. The number of ketones is 1. The molecule has 3 rings (SSSR count). The van der Waals surface area contributed by atoms with Crippen LogP contribution < -0.4 is 18.9 Å². The molecule has 0 bridgehead atoms. The minimum atomic E-state index is -0.0943. The van der Waals surface area contributed by atoms with Crippen LogP contribution in [0.4, 0.5) is 0 Å². The van der Waals surface area contributed by atoms with Crippen LogP contribution in [0.1, 0.15) is 18.1 Å². The van der Waals surface area contributed by atoms with Crippen LogP contribution in [0.25, 0.3) is 12.2 Å². The first-order valence-electron chi connectivity index (χ1n) is 10.4. The van der Waals surface area contributed by atoms with Crippen molar-refractivity contribution >= 4 is 17.9 Å². The Morgan fingerprint density at radius 3 is 1.36 bits per heavy atom. The number of rotatable bonds is 7. The molecular formula is C25H29NO7. The lowest BCUT2D eigenvalue weighted by molar-refractivity contribution is -0.113. The summed E-state index contributed by atoms with van der Waals surface area (Å²) in [6.45, 7) is 3.76. The van der Waals surface area contributed by atoms with Gasteiger partial charge in [-0.15, -0.1) is 0 Å². The number of hydrogen-bond donors (Lipinski definition) is 2. The first kappa shape index (κ1) is 24.0. The Labute approximate surface area is 193 Å². The highest BCUT2D eigenvalue weighted by Crippen LogP contribution is 2.39. The van der Waals surface area contributed by atoms with E-state index in [2.05, 4.69) is 4.90 Å². The molecule has 0 aliphatic carbocycles. The van der Waals surface area contributed by atoms with Gasteiger partial charge in [0.25, 0.3) is 0 Å². The molecule has 0 radical (unpaired) electrons. The summed E-state index contributed by atoms with van der Waals surface area (Å²) in [6.07, 6.45) is 3.56. The predicted molar refractivity (Wildman–Crippen MR) is 125 cm³/mol. The topological polar surface area (TPSA) is 97.7 Å². The second kappa shape index (κ2) is 10.3. The second-order valence-corrected chi connectivity index (χ2v) is 7.52. The van der Waals surface area contributed by atoms with Gasteiger partial charge in [0.15, 0.2) is 28.8 Å². The van der Waals surface area contributed by atoms with E-state index in [1.807, 2.05) is 6.92 Å². The molecule has 1 saturated heterocycles. The maximum absolute atomic E-state index is 13.4. The third-order valence-corrected chi connectivity index (χ3v) is 5.50. The van der Waals surface area contributed by atoms with E-state index < -0.39 is 0 Å². The van der Waals surface area contributed by atoms with Crippen molar-refractivity contribution in [3.63, 3.8) is 0 Å². The van der Waals surface area contributed by atoms with Crippen molar-refractivity contribution in [1.29, 1.82) is 0 Å². The Bertz CT molecular complexity index is 970. The average Bonchev–Trinajstić information content (AvgIpc) is 2.83. The minimum Gasteiger partial charge on any atom is -0.502 e. The van der Waals surface area contributed by atoms with Crippen molar-refractivity contribution in [3.05, 3.63) is 46.5 Å². The number of phenols is 2. The molecule has 1 heterocycles. The van der Waals surface area contributed by atoms with Crippen molar-refractivity contribution in [2.45, 2.75) is 6.92 Å². The van der Waals surface area contributed by atoms with Gasteiger partial charge in [0.05, 0.1) is 28.4 Å². The van der Waals surface area contributed by atoms with Gasteiger partial charge in [-0.1, -0.05) is 6.92 Å². The molecule has 1 aliphatic heterocycles. The number of carbonyl (C=O) groups is 1. The Balaban J connectivity index is 2.05. The van der Waals surface area contributed by atoms with Crippen LogP contribution in [-0.2, 0) is 4.79 Å². The number of likely N-dealkylation sites (tertiary alicyclic amines) is 1. The monoisotopic (exact) mass is 455 g/mol. The average molecular weight is 456 g/mol. The van der Waals surface area contributed by atoms with Crippen LogP contribution in [0, 0.1) is 0 Å². The van der Waals surface area contributed by atoms with E-state index in [1.165, 1.54) is 28.4 Å². The summed E-state index contributed by atoms with van der Waals surface area (Å²) in [6, 6.07) is 6.62. The highest BCUT2D eigenvalue weighted by molar-refractivity contribution is 6.14. The van der Waals surface area contributed by atoms with Crippen molar-refractivity contribution in [1.82, 2.24) is 4.90 Å². The summed E-state index contributed by atoms with van der Waals surface area (Å²) in [5, 5.41) is 20.3. The Morgan fingerprint density at radius 1 is 0.758 bits per heavy atom. The van der Waals surface area contributed by atoms with Crippen LogP contribution in [0.2, 0.25) is 0 Å². The highest BCUT2D eigenvalue weighted by atomic mass is 16.5. The number of phenolic OH excluding ortho intramolecular Hbond substituents is 2. The third-order valence-electron chi connectivity index (χ3n) is 5.50. The number of aromatic hydroxyl groups is 2. The molecule has 8 heteroatoms. The molecule has 1 fully saturated rings. The summed E-state index contributed by atoms with van der Waals surface area (Å²) in [5.74, 6) is 0.765. The van der Waals surface area contributed by atoms with E-state index in [0.717, 1.165) is 6.54 Å². The van der Waals surface area contributed by atoms with E-state index >= 15 is 0 Å². The molecule has 0 saturated carbocycles. The van der Waals surface area contributed by atoms with Gasteiger partial charge in [0.1, 0.15) is 0 Å². The van der Waals surface area contributed by atoms with Crippen molar-refractivity contribution in [2.75, 3.05) is 48.1 Å². The minimum absolute atomic E-state index is 0.0864. The number of benzene rings is 2. The fourth-order valence-corrected chi connectivity index (χ4v) is 3.73. The zero-order valence-corrected chi connectivity index (χ0v) is 19.5. The fraction of sp³-hybridized carbons (Fsp3) is 0.320. The van der Waals surface area contributed by atoms with Crippen molar-refractivity contribution in [2.24, 2.45) is 0 Å². The van der Waals surface area contributed by atoms with Gasteiger partial charge < -0.3 is 29.2 Å². The largest absolute Gasteiger partial charge is 0.502 e. The van der Waals surface area contributed by atoms with E-state index in [0.29, 0.717) is 35.4 Å². The van der Waals surface area contributed by atoms with E-state index in [1.54, 1.807) is 36.4 Å². The van der Waals surface area contributed by atoms with Gasteiger partial charge in [0.2, 0.25) is 11.5 Å². The molecule has 8 nitrogen and oxygen atoms in total. The number of piperidine rings is 1. The number of carbonyl (C=O) groups excluding carboxylic acids is 1. The second-order valence-electron chi connectivity index (χ2n) is 7.52. The summed E-state index contributed by atoms with van der Waals surface area (Å²) in [7, 11) is 5.82. The van der Waals surface area contributed by atoms with E-state index in [4.69, 9.17) is 18.9 Å². The van der Waals surface area contributed by atoms with Gasteiger partial charge in [-0.3, -0.25) is 9.69 Å². The maximum Gasteiger partial charge on any atom is 0.200 e. The Kier molecular flexibility index (Phi) is 7.50. The van der Waals surface area contributed by atoms with Gasteiger partial charge in [-0.25, -0.2) is 0 Å². The SMILES string of the molecule is CCN1C/C(=C/c2cc(OC)c(O)c(OC)c2)C(=O)/C(=C/c2cc(OC)c(O)c(OC)c2)C1. The number of hydrogen-bond acceptors (Lipinski definition) is 8. The van der Waals surface area contributed by atoms with Gasteiger partial charge in [0, 0.05) is 24.2 Å². The van der Waals surface area contributed by atoms with E-state index in [9.17, 15) is 15.0 Å². The smallest absolute Gasteiger partial charge is 0.200 e. The van der Waals surface area contributed by atoms with Crippen molar-refractivity contribution < 1.29 is 34.0 Å². The predicted octanol–water partition coefficient (Wildman–Crippen LogP) is 3.50. The molecule has 2 aromatic carbocycles. The van der Waals surface area contributed by atoms with Crippen molar-refractivity contribution in [3.8, 4) is 34.5 Å². The molecule has 1 aliphatic rings. The molecule has 0 aromatic heterocycles. The molecule has 0 amide bonds. The maximum atomic E-state index is 13.4. The lowest BCUT2D eigenvalue weighted by Crippen LogP contribution is -2.37. The standard InChI is InChI=1S/C25H29NO7/c1-6-26-13-17(7-15-9-19(30-2)24(28)20(10-15)31-3)23(27)18(14-26)8-16-11-21(32-4)25(29)22(12-16)33-5/h7-12,28-29H,6,13-14H2,1-5H3/b17-7-,18-8+.